The summed E-state index contributed by atoms with van der Waals surface area (Å²) in [5.41, 5.74) is 0. The van der Waals surface area contributed by atoms with E-state index in [-0.39, 0.29) is 12.5 Å². The SMILES string of the molecule is O=C(CCC1CCNC1)NCCC(F)(F)F. The number of halogens is 3. The summed E-state index contributed by atoms with van der Waals surface area (Å²) >= 11 is 0. The summed E-state index contributed by atoms with van der Waals surface area (Å²) in [5, 5.41) is 5.46. The van der Waals surface area contributed by atoms with Crippen LogP contribution in [0.4, 0.5) is 13.2 Å². The molecule has 1 saturated heterocycles. The van der Waals surface area contributed by atoms with Crippen LogP contribution in [0.2, 0.25) is 0 Å². The molecule has 1 fully saturated rings. The van der Waals surface area contributed by atoms with Crippen molar-refractivity contribution < 1.29 is 18.0 Å². The van der Waals surface area contributed by atoms with Gasteiger partial charge in [-0.25, -0.2) is 0 Å². The molecule has 2 N–H and O–H groups in total. The lowest BCUT2D eigenvalue weighted by Gasteiger charge is -2.09. The number of nitrogens with one attached hydrogen (secondary N) is 2. The van der Waals surface area contributed by atoms with Gasteiger partial charge in [0.2, 0.25) is 5.91 Å². The molecule has 1 atom stereocenters. The first-order valence-electron chi connectivity index (χ1n) is 5.51. The Balaban J connectivity index is 2.02. The summed E-state index contributed by atoms with van der Waals surface area (Å²) in [5.74, 6) is 0.213. The quantitative estimate of drug-likeness (QED) is 0.761. The molecular weight excluding hydrogens is 221 g/mol. The second-order valence-corrected chi connectivity index (χ2v) is 4.11. The largest absolute Gasteiger partial charge is 0.390 e. The first-order chi connectivity index (χ1) is 7.47. The molecule has 1 aliphatic rings. The Bertz CT molecular complexity index is 225. The highest BCUT2D eigenvalue weighted by Gasteiger charge is 2.26. The maximum Gasteiger partial charge on any atom is 0.390 e. The Kier molecular flexibility index (Phi) is 5.05. The van der Waals surface area contributed by atoms with Crippen LogP contribution in [0.15, 0.2) is 0 Å². The Labute approximate surface area is 92.8 Å². The average Bonchev–Trinajstić information content (AvgIpc) is 2.65. The molecule has 1 rings (SSSR count). The molecule has 0 spiro atoms. The number of alkyl halides is 3. The molecule has 0 aliphatic carbocycles. The van der Waals surface area contributed by atoms with E-state index in [4.69, 9.17) is 0 Å². The van der Waals surface area contributed by atoms with Gasteiger partial charge >= 0.3 is 6.18 Å². The molecule has 0 radical (unpaired) electrons. The summed E-state index contributed by atoms with van der Waals surface area (Å²) in [7, 11) is 0. The molecule has 1 unspecified atom stereocenters. The fraction of sp³-hybridized carbons (Fsp3) is 0.900. The van der Waals surface area contributed by atoms with Crippen LogP contribution < -0.4 is 10.6 Å². The predicted molar refractivity (Wildman–Crippen MR) is 53.9 cm³/mol. The number of hydrogen-bond donors (Lipinski definition) is 2. The molecule has 0 saturated carbocycles. The van der Waals surface area contributed by atoms with E-state index in [1.54, 1.807) is 0 Å². The van der Waals surface area contributed by atoms with E-state index >= 15 is 0 Å². The second kappa shape index (κ2) is 6.08. The molecule has 1 aliphatic heterocycles. The molecule has 94 valence electrons. The topological polar surface area (TPSA) is 41.1 Å². The van der Waals surface area contributed by atoms with E-state index < -0.39 is 12.6 Å². The van der Waals surface area contributed by atoms with Crippen molar-refractivity contribution in [2.45, 2.75) is 31.9 Å². The summed E-state index contributed by atoms with van der Waals surface area (Å²) in [6.45, 7) is 1.57. The normalized spacial score (nSPS) is 21.1. The van der Waals surface area contributed by atoms with Crippen LogP contribution in [-0.4, -0.2) is 31.7 Å². The van der Waals surface area contributed by atoms with Crippen LogP contribution in [0.25, 0.3) is 0 Å². The molecule has 0 aromatic carbocycles. The van der Waals surface area contributed by atoms with Gasteiger partial charge in [-0.15, -0.1) is 0 Å². The first-order valence-corrected chi connectivity index (χ1v) is 5.51. The standard InChI is InChI=1S/C10H17F3N2O/c11-10(12,13)4-6-15-9(16)2-1-8-3-5-14-7-8/h8,14H,1-7H2,(H,15,16). The van der Waals surface area contributed by atoms with Crippen molar-refractivity contribution in [3.8, 4) is 0 Å². The smallest absolute Gasteiger partial charge is 0.356 e. The molecular formula is C10H17F3N2O. The van der Waals surface area contributed by atoms with Gasteiger partial charge in [-0.3, -0.25) is 4.79 Å². The minimum Gasteiger partial charge on any atom is -0.356 e. The van der Waals surface area contributed by atoms with Gasteiger partial charge < -0.3 is 10.6 Å². The molecule has 0 aromatic rings. The van der Waals surface area contributed by atoms with Gasteiger partial charge in [-0.2, -0.15) is 13.2 Å². The third-order valence-electron chi connectivity index (χ3n) is 2.67. The highest BCUT2D eigenvalue weighted by molar-refractivity contribution is 5.75. The van der Waals surface area contributed by atoms with Gasteiger partial charge in [0.1, 0.15) is 0 Å². The van der Waals surface area contributed by atoms with Gasteiger partial charge in [0, 0.05) is 13.0 Å². The summed E-state index contributed by atoms with van der Waals surface area (Å²) in [6, 6.07) is 0. The van der Waals surface area contributed by atoms with E-state index in [1.807, 2.05) is 0 Å². The monoisotopic (exact) mass is 238 g/mol. The minimum atomic E-state index is -4.19. The third-order valence-corrected chi connectivity index (χ3v) is 2.67. The first kappa shape index (κ1) is 13.3. The minimum absolute atomic E-state index is 0.281. The van der Waals surface area contributed by atoms with E-state index in [1.165, 1.54) is 0 Å². The fourth-order valence-electron chi connectivity index (χ4n) is 1.73. The van der Waals surface area contributed by atoms with Gasteiger partial charge in [0.05, 0.1) is 6.42 Å². The molecule has 3 nitrogen and oxygen atoms in total. The highest BCUT2D eigenvalue weighted by atomic mass is 19.4. The lowest BCUT2D eigenvalue weighted by molar-refractivity contribution is -0.135. The highest BCUT2D eigenvalue weighted by Crippen LogP contribution is 2.18. The molecule has 0 bridgehead atoms. The lowest BCUT2D eigenvalue weighted by Crippen LogP contribution is -2.28. The van der Waals surface area contributed by atoms with Crippen molar-refractivity contribution in [1.29, 1.82) is 0 Å². The zero-order valence-corrected chi connectivity index (χ0v) is 9.07. The summed E-state index contributed by atoms with van der Waals surface area (Å²) in [4.78, 5) is 11.2. The van der Waals surface area contributed by atoms with Crippen molar-refractivity contribution in [3.63, 3.8) is 0 Å². The molecule has 0 aromatic heterocycles. The van der Waals surface area contributed by atoms with Crippen molar-refractivity contribution >= 4 is 5.91 Å². The maximum atomic E-state index is 11.8. The zero-order chi connectivity index (χ0) is 12.0. The summed E-state index contributed by atoms with van der Waals surface area (Å²) in [6.07, 6.45) is -3.02. The van der Waals surface area contributed by atoms with Crippen LogP contribution in [0.1, 0.15) is 25.7 Å². The van der Waals surface area contributed by atoms with Crippen LogP contribution in [0.3, 0.4) is 0 Å². The Morgan fingerprint density at radius 2 is 2.19 bits per heavy atom. The van der Waals surface area contributed by atoms with E-state index in [0.29, 0.717) is 12.3 Å². The number of carbonyl (C=O) groups excluding carboxylic acids is 1. The maximum absolute atomic E-state index is 11.8. The Hall–Kier alpha value is -0.780. The Morgan fingerprint density at radius 1 is 1.44 bits per heavy atom. The number of rotatable bonds is 5. The van der Waals surface area contributed by atoms with Gasteiger partial charge in [-0.1, -0.05) is 0 Å². The lowest BCUT2D eigenvalue weighted by atomic mass is 10.0. The molecule has 16 heavy (non-hydrogen) atoms. The molecule has 6 heteroatoms. The predicted octanol–water partition coefficient (Wildman–Crippen LogP) is 1.44. The number of amides is 1. The second-order valence-electron chi connectivity index (χ2n) is 4.11. The molecule has 1 amide bonds. The van der Waals surface area contributed by atoms with Crippen molar-refractivity contribution in [1.82, 2.24) is 10.6 Å². The van der Waals surface area contributed by atoms with E-state index in [9.17, 15) is 18.0 Å². The van der Waals surface area contributed by atoms with Crippen LogP contribution in [0, 0.1) is 5.92 Å². The van der Waals surface area contributed by atoms with Gasteiger partial charge in [-0.05, 0) is 31.8 Å². The van der Waals surface area contributed by atoms with Gasteiger partial charge in [0.15, 0.2) is 0 Å². The van der Waals surface area contributed by atoms with Crippen LogP contribution in [0.5, 0.6) is 0 Å². The number of carbonyl (C=O) groups is 1. The summed E-state index contributed by atoms with van der Waals surface area (Å²) < 4.78 is 35.3. The fourth-order valence-corrected chi connectivity index (χ4v) is 1.73. The van der Waals surface area contributed by atoms with Crippen molar-refractivity contribution in [2.75, 3.05) is 19.6 Å². The van der Waals surface area contributed by atoms with Gasteiger partial charge in [0.25, 0.3) is 0 Å². The molecule has 1 heterocycles. The van der Waals surface area contributed by atoms with Crippen LogP contribution >= 0.6 is 0 Å². The zero-order valence-electron chi connectivity index (χ0n) is 9.07. The van der Waals surface area contributed by atoms with Crippen molar-refractivity contribution in [2.24, 2.45) is 5.92 Å². The van der Waals surface area contributed by atoms with Crippen molar-refractivity contribution in [3.05, 3.63) is 0 Å². The third kappa shape index (κ3) is 5.95. The Morgan fingerprint density at radius 3 is 2.75 bits per heavy atom. The van der Waals surface area contributed by atoms with Crippen LogP contribution in [-0.2, 0) is 4.79 Å². The van der Waals surface area contributed by atoms with E-state index in [0.717, 1.165) is 25.9 Å². The van der Waals surface area contributed by atoms with E-state index in [2.05, 4.69) is 10.6 Å². The number of hydrogen-bond acceptors (Lipinski definition) is 2. The average molecular weight is 238 g/mol.